The molecular weight excluding hydrogens is 316 g/mol. The van der Waals surface area contributed by atoms with Crippen LogP contribution in [-0.4, -0.2) is 41.1 Å². The summed E-state index contributed by atoms with van der Waals surface area (Å²) in [4.78, 5) is 38.8. The lowest BCUT2D eigenvalue weighted by Crippen LogP contribution is -2.63. The first-order valence-corrected chi connectivity index (χ1v) is 8.21. The Bertz CT molecular complexity index is 811. The average Bonchev–Trinajstić information content (AvgIpc) is 2.64. The van der Waals surface area contributed by atoms with Crippen LogP contribution in [0.5, 0.6) is 0 Å². The normalized spacial score (nSPS) is 16.2. The fourth-order valence-corrected chi connectivity index (χ4v) is 2.93. The van der Waals surface area contributed by atoms with Gasteiger partial charge in [-0.1, -0.05) is 42.5 Å². The van der Waals surface area contributed by atoms with E-state index in [-0.39, 0.29) is 17.6 Å². The number of ketones is 1. The van der Waals surface area contributed by atoms with E-state index in [0.717, 1.165) is 0 Å². The molecule has 0 radical (unpaired) electrons. The van der Waals surface area contributed by atoms with Gasteiger partial charge in [-0.2, -0.15) is 0 Å². The van der Waals surface area contributed by atoms with E-state index < -0.39 is 5.54 Å². The van der Waals surface area contributed by atoms with Crippen molar-refractivity contribution >= 4 is 17.6 Å². The summed E-state index contributed by atoms with van der Waals surface area (Å²) in [7, 11) is 0. The number of carbonyl (C=O) groups excluding carboxylic acids is 3. The second-order valence-corrected chi connectivity index (χ2v) is 6.54. The standard InChI is InChI=1S/C20H20N2O3/c1-20(2)19(25)21-12-13-22(20)18(24)16-10-8-15(9-11-16)17(23)14-6-4-3-5-7-14/h3-11H,12-13H2,1-2H3,(H,21,25). The van der Waals surface area contributed by atoms with Crippen LogP contribution < -0.4 is 5.32 Å². The van der Waals surface area contributed by atoms with Crippen molar-refractivity contribution < 1.29 is 14.4 Å². The van der Waals surface area contributed by atoms with Gasteiger partial charge in [-0.25, -0.2) is 0 Å². The minimum atomic E-state index is -0.895. The van der Waals surface area contributed by atoms with Gasteiger partial charge in [0.15, 0.2) is 5.78 Å². The number of hydrogen-bond acceptors (Lipinski definition) is 3. The highest BCUT2D eigenvalue weighted by Crippen LogP contribution is 2.21. The van der Waals surface area contributed by atoms with Gasteiger partial charge in [-0.05, 0) is 26.0 Å². The summed E-state index contributed by atoms with van der Waals surface area (Å²) in [6.07, 6.45) is 0. The summed E-state index contributed by atoms with van der Waals surface area (Å²) in [6, 6.07) is 15.6. The number of rotatable bonds is 3. The molecule has 1 fully saturated rings. The molecule has 0 saturated carbocycles. The van der Waals surface area contributed by atoms with Crippen molar-refractivity contribution in [3.63, 3.8) is 0 Å². The van der Waals surface area contributed by atoms with E-state index in [0.29, 0.717) is 29.8 Å². The van der Waals surface area contributed by atoms with Crippen molar-refractivity contribution in [3.8, 4) is 0 Å². The minimum Gasteiger partial charge on any atom is -0.352 e. The minimum absolute atomic E-state index is 0.0859. The van der Waals surface area contributed by atoms with Crippen molar-refractivity contribution in [3.05, 3.63) is 71.3 Å². The first-order chi connectivity index (χ1) is 11.9. The largest absolute Gasteiger partial charge is 0.352 e. The molecule has 3 rings (SSSR count). The lowest BCUT2D eigenvalue weighted by molar-refractivity contribution is -0.133. The molecular formula is C20H20N2O3. The average molecular weight is 336 g/mol. The van der Waals surface area contributed by atoms with E-state index in [9.17, 15) is 14.4 Å². The Morgan fingerprint density at radius 2 is 1.48 bits per heavy atom. The summed E-state index contributed by atoms with van der Waals surface area (Å²) >= 11 is 0. The van der Waals surface area contributed by atoms with E-state index >= 15 is 0 Å². The summed E-state index contributed by atoms with van der Waals surface area (Å²) in [5.41, 5.74) is 0.703. The molecule has 2 aromatic carbocycles. The quantitative estimate of drug-likeness (QED) is 0.875. The van der Waals surface area contributed by atoms with Gasteiger partial charge in [-0.15, -0.1) is 0 Å². The highest BCUT2D eigenvalue weighted by atomic mass is 16.2. The van der Waals surface area contributed by atoms with Crippen LogP contribution in [0.3, 0.4) is 0 Å². The molecule has 0 aliphatic carbocycles. The number of nitrogens with zero attached hydrogens (tertiary/aromatic N) is 1. The Morgan fingerprint density at radius 1 is 0.920 bits per heavy atom. The molecule has 1 aliphatic heterocycles. The number of amides is 2. The number of nitrogens with one attached hydrogen (secondary N) is 1. The Hall–Kier alpha value is -2.95. The maximum Gasteiger partial charge on any atom is 0.254 e. The van der Waals surface area contributed by atoms with Crippen molar-refractivity contribution in [2.75, 3.05) is 13.1 Å². The highest BCUT2D eigenvalue weighted by molar-refractivity contribution is 6.09. The molecule has 0 aromatic heterocycles. The third-order valence-electron chi connectivity index (χ3n) is 4.53. The number of benzene rings is 2. The van der Waals surface area contributed by atoms with Crippen LogP contribution >= 0.6 is 0 Å². The van der Waals surface area contributed by atoms with Crippen molar-refractivity contribution in [2.24, 2.45) is 0 Å². The molecule has 2 amide bonds. The zero-order chi connectivity index (χ0) is 18.0. The molecule has 1 N–H and O–H groups in total. The van der Waals surface area contributed by atoms with Crippen LogP contribution in [0.2, 0.25) is 0 Å². The first kappa shape index (κ1) is 16.9. The van der Waals surface area contributed by atoms with Gasteiger partial charge in [0, 0.05) is 29.8 Å². The Kier molecular flexibility index (Phi) is 4.40. The molecule has 25 heavy (non-hydrogen) atoms. The summed E-state index contributed by atoms with van der Waals surface area (Å²) in [6.45, 7) is 4.36. The molecule has 5 nitrogen and oxygen atoms in total. The molecule has 1 heterocycles. The topological polar surface area (TPSA) is 66.5 Å². The summed E-state index contributed by atoms with van der Waals surface area (Å²) in [5, 5.41) is 2.77. The maximum absolute atomic E-state index is 12.8. The Morgan fingerprint density at radius 3 is 2.12 bits per heavy atom. The van der Waals surface area contributed by atoms with E-state index in [1.807, 2.05) is 18.2 Å². The van der Waals surface area contributed by atoms with Gasteiger partial charge in [0.25, 0.3) is 5.91 Å². The molecule has 1 saturated heterocycles. The first-order valence-electron chi connectivity index (χ1n) is 8.21. The maximum atomic E-state index is 12.8. The van der Waals surface area contributed by atoms with Crippen LogP contribution in [0.15, 0.2) is 54.6 Å². The van der Waals surface area contributed by atoms with Gasteiger partial charge in [0.05, 0.1) is 0 Å². The number of piperazine rings is 1. The highest BCUT2D eigenvalue weighted by Gasteiger charge is 2.40. The molecule has 5 heteroatoms. The lowest BCUT2D eigenvalue weighted by Gasteiger charge is -2.41. The number of carbonyl (C=O) groups is 3. The second kappa shape index (κ2) is 6.51. The SMILES string of the molecule is CC1(C)C(=O)NCCN1C(=O)c1ccc(C(=O)c2ccccc2)cc1. The zero-order valence-corrected chi connectivity index (χ0v) is 14.3. The Labute approximate surface area is 146 Å². The molecule has 1 aliphatic rings. The summed E-state index contributed by atoms with van der Waals surface area (Å²) in [5.74, 6) is -0.459. The molecule has 0 atom stereocenters. The van der Waals surface area contributed by atoms with Gasteiger partial charge in [-0.3, -0.25) is 14.4 Å². The smallest absolute Gasteiger partial charge is 0.254 e. The predicted molar refractivity (Wildman–Crippen MR) is 94.4 cm³/mol. The molecule has 0 bridgehead atoms. The van der Waals surface area contributed by atoms with Gasteiger partial charge >= 0.3 is 0 Å². The predicted octanol–water partition coefficient (Wildman–Crippen LogP) is 2.27. The van der Waals surface area contributed by atoms with E-state index in [1.165, 1.54) is 0 Å². The van der Waals surface area contributed by atoms with E-state index in [2.05, 4.69) is 5.32 Å². The molecule has 128 valence electrons. The van der Waals surface area contributed by atoms with Crippen LogP contribution in [0.1, 0.15) is 40.1 Å². The van der Waals surface area contributed by atoms with E-state index in [1.54, 1.807) is 55.1 Å². The van der Waals surface area contributed by atoms with E-state index in [4.69, 9.17) is 0 Å². The molecule has 0 unspecified atom stereocenters. The van der Waals surface area contributed by atoms with Crippen molar-refractivity contribution in [1.29, 1.82) is 0 Å². The Balaban J connectivity index is 1.81. The fourth-order valence-electron chi connectivity index (χ4n) is 2.93. The molecule has 2 aromatic rings. The van der Waals surface area contributed by atoms with Crippen LogP contribution in [0.4, 0.5) is 0 Å². The zero-order valence-electron chi connectivity index (χ0n) is 14.3. The molecule has 0 spiro atoms. The van der Waals surface area contributed by atoms with Crippen LogP contribution in [0.25, 0.3) is 0 Å². The second-order valence-electron chi connectivity index (χ2n) is 6.54. The third kappa shape index (κ3) is 3.18. The van der Waals surface area contributed by atoms with Crippen LogP contribution in [-0.2, 0) is 4.79 Å². The summed E-state index contributed by atoms with van der Waals surface area (Å²) < 4.78 is 0. The monoisotopic (exact) mass is 336 g/mol. The number of hydrogen-bond donors (Lipinski definition) is 1. The van der Waals surface area contributed by atoms with Gasteiger partial charge in [0.2, 0.25) is 5.91 Å². The van der Waals surface area contributed by atoms with Crippen molar-refractivity contribution in [1.82, 2.24) is 10.2 Å². The fraction of sp³-hybridized carbons (Fsp3) is 0.250. The van der Waals surface area contributed by atoms with Crippen molar-refractivity contribution in [2.45, 2.75) is 19.4 Å². The van der Waals surface area contributed by atoms with Crippen LogP contribution in [0, 0.1) is 0 Å². The van der Waals surface area contributed by atoms with Gasteiger partial charge < -0.3 is 10.2 Å². The third-order valence-corrected chi connectivity index (χ3v) is 4.53. The lowest BCUT2D eigenvalue weighted by atomic mass is 9.96. The van der Waals surface area contributed by atoms with Gasteiger partial charge in [0.1, 0.15) is 5.54 Å².